The van der Waals surface area contributed by atoms with Gasteiger partial charge in [-0.05, 0) is 33.1 Å². The van der Waals surface area contributed by atoms with Gasteiger partial charge in [0.1, 0.15) is 0 Å². The zero-order valence-electron chi connectivity index (χ0n) is 14.9. The molecule has 0 aromatic heterocycles. The standard InChI is InChI=1S/C16H32N2O3/c1-14(2,3)12(20-8)9-17-13(19)18-10-15(4,5)21-16(6,7)11-18/h12H,9-11H2,1-8H3,(H,17,19). The van der Waals surface area contributed by atoms with Crippen LogP contribution in [0.2, 0.25) is 0 Å². The monoisotopic (exact) mass is 300 g/mol. The molecule has 1 rings (SSSR count). The molecule has 0 bridgehead atoms. The molecule has 1 atom stereocenters. The fraction of sp³-hybridized carbons (Fsp3) is 0.938. The Bertz CT molecular complexity index is 356. The molecule has 0 spiro atoms. The van der Waals surface area contributed by atoms with Gasteiger partial charge in [0.25, 0.3) is 0 Å². The molecular weight excluding hydrogens is 268 g/mol. The second-order valence-corrected chi connectivity index (χ2v) is 8.25. The summed E-state index contributed by atoms with van der Waals surface area (Å²) in [6.45, 7) is 16.1. The summed E-state index contributed by atoms with van der Waals surface area (Å²) < 4.78 is 11.5. The molecule has 1 aliphatic rings. The Morgan fingerprint density at radius 2 is 1.71 bits per heavy atom. The topological polar surface area (TPSA) is 50.8 Å². The van der Waals surface area contributed by atoms with Crippen LogP contribution >= 0.6 is 0 Å². The summed E-state index contributed by atoms with van der Waals surface area (Å²) in [5.74, 6) is 0. The Morgan fingerprint density at radius 3 is 2.10 bits per heavy atom. The average molecular weight is 300 g/mol. The van der Waals surface area contributed by atoms with Crippen molar-refractivity contribution < 1.29 is 14.3 Å². The molecule has 5 nitrogen and oxygen atoms in total. The van der Waals surface area contributed by atoms with E-state index in [1.165, 1.54) is 0 Å². The van der Waals surface area contributed by atoms with Gasteiger partial charge in [-0.2, -0.15) is 0 Å². The fourth-order valence-electron chi connectivity index (χ4n) is 2.97. The van der Waals surface area contributed by atoms with Crippen molar-refractivity contribution in [3.63, 3.8) is 0 Å². The Balaban J connectivity index is 2.63. The minimum atomic E-state index is -0.330. The second kappa shape index (κ2) is 6.13. The molecule has 5 heteroatoms. The first-order chi connectivity index (χ1) is 9.36. The number of ether oxygens (including phenoxy) is 2. The highest BCUT2D eigenvalue weighted by molar-refractivity contribution is 5.74. The number of nitrogens with zero attached hydrogens (tertiary/aromatic N) is 1. The Labute approximate surface area is 129 Å². The molecule has 1 N–H and O–H groups in total. The van der Waals surface area contributed by atoms with Gasteiger partial charge >= 0.3 is 6.03 Å². The SMILES string of the molecule is COC(CNC(=O)N1CC(C)(C)OC(C)(C)C1)C(C)(C)C. The van der Waals surface area contributed by atoms with Gasteiger partial charge in [0.15, 0.2) is 0 Å². The van der Waals surface area contributed by atoms with Crippen LogP contribution in [0.5, 0.6) is 0 Å². The van der Waals surface area contributed by atoms with E-state index in [0.29, 0.717) is 19.6 Å². The number of morpholine rings is 1. The van der Waals surface area contributed by atoms with E-state index in [1.54, 1.807) is 7.11 Å². The lowest BCUT2D eigenvalue weighted by Crippen LogP contribution is -2.61. The quantitative estimate of drug-likeness (QED) is 0.872. The maximum absolute atomic E-state index is 12.4. The van der Waals surface area contributed by atoms with E-state index >= 15 is 0 Å². The maximum atomic E-state index is 12.4. The van der Waals surface area contributed by atoms with Gasteiger partial charge in [0.05, 0.1) is 30.4 Å². The number of methoxy groups -OCH3 is 1. The van der Waals surface area contributed by atoms with Crippen LogP contribution in [0.1, 0.15) is 48.5 Å². The van der Waals surface area contributed by atoms with Gasteiger partial charge in [0.2, 0.25) is 0 Å². The largest absolute Gasteiger partial charge is 0.379 e. The number of carbonyl (C=O) groups is 1. The molecule has 0 aromatic carbocycles. The molecule has 0 aliphatic carbocycles. The number of carbonyl (C=O) groups excluding carboxylic acids is 1. The van der Waals surface area contributed by atoms with Crippen molar-refractivity contribution in [3.05, 3.63) is 0 Å². The number of urea groups is 1. The summed E-state index contributed by atoms with van der Waals surface area (Å²) in [5.41, 5.74) is -0.668. The van der Waals surface area contributed by atoms with Crippen molar-refractivity contribution in [1.82, 2.24) is 10.2 Å². The van der Waals surface area contributed by atoms with Crippen LogP contribution in [0, 0.1) is 5.41 Å². The molecule has 0 saturated carbocycles. The van der Waals surface area contributed by atoms with Crippen molar-refractivity contribution in [3.8, 4) is 0 Å². The third-order valence-corrected chi connectivity index (χ3v) is 3.67. The first-order valence-corrected chi connectivity index (χ1v) is 7.62. The third kappa shape index (κ3) is 5.47. The van der Waals surface area contributed by atoms with Crippen LogP contribution in [-0.4, -0.2) is 55.0 Å². The molecule has 124 valence electrons. The Morgan fingerprint density at radius 1 is 1.24 bits per heavy atom. The molecule has 1 heterocycles. The van der Waals surface area contributed by atoms with E-state index in [1.807, 2.05) is 32.6 Å². The van der Waals surface area contributed by atoms with Gasteiger partial charge in [-0.15, -0.1) is 0 Å². The lowest BCUT2D eigenvalue weighted by atomic mass is 9.89. The number of hydrogen-bond acceptors (Lipinski definition) is 3. The van der Waals surface area contributed by atoms with E-state index < -0.39 is 0 Å². The summed E-state index contributed by atoms with van der Waals surface area (Å²) in [4.78, 5) is 14.3. The first kappa shape index (κ1) is 18.2. The minimum absolute atomic E-state index is 0.00835. The molecule has 21 heavy (non-hydrogen) atoms. The summed E-state index contributed by atoms with van der Waals surface area (Å²) in [7, 11) is 1.68. The highest BCUT2D eigenvalue weighted by Gasteiger charge is 2.40. The summed E-state index contributed by atoms with van der Waals surface area (Å²) in [5, 5.41) is 2.99. The number of amides is 2. The minimum Gasteiger partial charge on any atom is -0.379 e. The zero-order chi connectivity index (χ0) is 16.5. The fourth-order valence-corrected chi connectivity index (χ4v) is 2.97. The van der Waals surface area contributed by atoms with Crippen LogP contribution < -0.4 is 5.32 Å². The van der Waals surface area contributed by atoms with Crippen LogP contribution in [0.25, 0.3) is 0 Å². The Kier molecular flexibility index (Phi) is 5.32. The van der Waals surface area contributed by atoms with Crippen molar-refractivity contribution >= 4 is 6.03 Å². The van der Waals surface area contributed by atoms with Gasteiger partial charge < -0.3 is 19.7 Å². The second-order valence-electron chi connectivity index (χ2n) is 8.25. The van der Waals surface area contributed by atoms with Crippen molar-refractivity contribution in [1.29, 1.82) is 0 Å². The Hall–Kier alpha value is -0.810. The predicted molar refractivity (Wildman–Crippen MR) is 84.5 cm³/mol. The lowest BCUT2D eigenvalue weighted by Gasteiger charge is -2.47. The summed E-state index contributed by atoms with van der Waals surface area (Å²) in [6.07, 6.45) is -0.0106. The molecule has 2 amide bonds. The lowest BCUT2D eigenvalue weighted by molar-refractivity contribution is -0.170. The van der Waals surface area contributed by atoms with Crippen LogP contribution in [0.4, 0.5) is 4.79 Å². The van der Waals surface area contributed by atoms with E-state index in [-0.39, 0.29) is 28.8 Å². The summed E-state index contributed by atoms with van der Waals surface area (Å²) in [6, 6.07) is -0.0502. The smallest absolute Gasteiger partial charge is 0.317 e. The van der Waals surface area contributed by atoms with Gasteiger partial charge in [-0.25, -0.2) is 4.79 Å². The van der Waals surface area contributed by atoms with Gasteiger partial charge in [-0.3, -0.25) is 0 Å². The molecule has 0 radical (unpaired) electrons. The first-order valence-electron chi connectivity index (χ1n) is 7.62. The number of hydrogen-bond donors (Lipinski definition) is 1. The van der Waals surface area contributed by atoms with E-state index in [4.69, 9.17) is 9.47 Å². The van der Waals surface area contributed by atoms with Crippen molar-refractivity contribution in [2.75, 3.05) is 26.7 Å². The van der Waals surface area contributed by atoms with E-state index in [2.05, 4.69) is 26.1 Å². The predicted octanol–water partition coefficient (Wildman–Crippen LogP) is 2.65. The van der Waals surface area contributed by atoms with Crippen LogP contribution in [0.3, 0.4) is 0 Å². The summed E-state index contributed by atoms with van der Waals surface area (Å²) >= 11 is 0. The van der Waals surface area contributed by atoms with Crippen molar-refractivity contribution in [2.45, 2.75) is 65.8 Å². The van der Waals surface area contributed by atoms with Crippen LogP contribution in [0.15, 0.2) is 0 Å². The molecule has 1 aliphatic heterocycles. The molecular formula is C16H32N2O3. The number of nitrogens with one attached hydrogen (secondary N) is 1. The number of rotatable bonds is 3. The maximum Gasteiger partial charge on any atom is 0.317 e. The molecule has 1 saturated heterocycles. The highest BCUT2D eigenvalue weighted by atomic mass is 16.5. The van der Waals surface area contributed by atoms with Gasteiger partial charge in [0, 0.05) is 13.7 Å². The average Bonchev–Trinajstić information content (AvgIpc) is 2.23. The van der Waals surface area contributed by atoms with E-state index in [0.717, 1.165) is 0 Å². The van der Waals surface area contributed by atoms with E-state index in [9.17, 15) is 4.79 Å². The zero-order valence-corrected chi connectivity index (χ0v) is 14.9. The molecule has 1 unspecified atom stereocenters. The molecule has 1 fully saturated rings. The third-order valence-electron chi connectivity index (χ3n) is 3.67. The van der Waals surface area contributed by atoms with Crippen LogP contribution in [-0.2, 0) is 9.47 Å². The molecule has 0 aromatic rings. The van der Waals surface area contributed by atoms with Gasteiger partial charge in [-0.1, -0.05) is 20.8 Å². The normalized spacial score (nSPS) is 22.8. The van der Waals surface area contributed by atoms with Crippen molar-refractivity contribution in [2.24, 2.45) is 5.41 Å². The highest BCUT2D eigenvalue weighted by Crippen LogP contribution is 2.28.